The maximum absolute atomic E-state index is 12.4. The van der Waals surface area contributed by atoms with E-state index in [9.17, 15) is 20.1 Å². The van der Waals surface area contributed by atoms with Crippen LogP contribution in [0.4, 0.5) is 0 Å². The Morgan fingerprint density at radius 1 is 0.500 bits per heavy atom. The summed E-state index contributed by atoms with van der Waals surface area (Å²) in [7, 11) is 0. The summed E-state index contributed by atoms with van der Waals surface area (Å²) in [6.07, 6.45) is 37.7. The van der Waals surface area contributed by atoms with Crippen molar-refractivity contribution in [3.8, 4) is 0 Å². The molecule has 0 aromatic heterocycles. The van der Waals surface area contributed by atoms with Crippen molar-refractivity contribution in [3.05, 3.63) is 0 Å². The molecule has 0 rings (SSSR count). The van der Waals surface area contributed by atoms with Crippen LogP contribution < -0.4 is 5.32 Å². The van der Waals surface area contributed by atoms with Crippen molar-refractivity contribution >= 4 is 5.91 Å². The maximum atomic E-state index is 12.4. The monoisotopic (exact) mass is 654 g/mol. The summed E-state index contributed by atoms with van der Waals surface area (Å²) in [6, 6.07) is -0.802. The highest BCUT2D eigenvalue weighted by Crippen LogP contribution is 2.17. The highest BCUT2D eigenvalue weighted by Gasteiger charge is 2.26. The molecule has 5 heteroatoms. The predicted molar refractivity (Wildman–Crippen MR) is 199 cm³/mol. The summed E-state index contributed by atoms with van der Waals surface area (Å²) >= 11 is 0. The number of carbonyl (C=O) groups is 1. The van der Waals surface area contributed by atoms with Gasteiger partial charge in [-0.05, 0) is 18.8 Å². The molecule has 46 heavy (non-hydrogen) atoms. The SMILES string of the molecule is CCCCCCCCCCCCCCCC(=O)NC(CO)C(O)C(O)CCCCCCCCCCCCCCCCCCC(C)C. The van der Waals surface area contributed by atoms with E-state index in [0.717, 1.165) is 38.0 Å². The highest BCUT2D eigenvalue weighted by molar-refractivity contribution is 5.76. The molecule has 0 fully saturated rings. The topological polar surface area (TPSA) is 89.8 Å². The van der Waals surface area contributed by atoms with Crippen molar-refractivity contribution in [1.82, 2.24) is 5.32 Å². The molecule has 0 aliphatic rings. The summed E-state index contributed by atoms with van der Waals surface area (Å²) < 4.78 is 0. The molecule has 0 aromatic carbocycles. The van der Waals surface area contributed by atoms with Crippen molar-refractivity contribution < 1.29 is 20.1 Å². The van der Waals surface area contributed by atoms with E-state index in [0.29, 0.717) is 12.8 Å². The van der Waals surface area contributed by atoms with Gasteiger partial charge in [0, 0.05) is 6.42 Å². The van der Waals surface area contributed by atoms with Crippen LogP contribution in [0, 0.1) is 5.92 Å². The molecule has 5 nitrogen and oxygen atoms in total. The lowest BCUT2D eigenvalue weighted by Crippen LogP contribution is -2.50. The first-order valence-electron chi connectivity index (χ1n) is 20.7. The summed E-state index contributed by atoms with van der Waals surface area (Å²) in [5.74, 6) is 0.715. The van der Waals surface area contributed by atoms with E-state index in [4.69, 9.17) is 0 Å². The summed E-state index contributed by atoms with van der Waals surface area (Å²) in [5.41, 5.74) is 0. The van der Waals surface area contributed by atoms with Crippen LogP contribution in [-0.2, 0) is 4.79 Å². The summed E-state index contributed by atoms with van der Waals surface area (Å²) in [4.78, 5) is 12.4. The molecule has 0 bridgehead atoms. The van der Waals surface area contributed by atoms with E-state index >= 15 is 0 Å². The molecule has 0 aliphatic heterocycles. The van der Waals surface area contributed by atoms with Crippen LogP contribution in [0.1, 0.15) is 226 Å². The minimum atomic E-state index is -1.13. The van der Waals surface area contributed by atoms with E-state index in [1.165, 1.54) is 161 Å². The average molecular weight is 654 g/mol. The maximum Gasteiger partial charge on any atom is 0.220 e. The fourth-order valence-electron chi connectivity index (χ4n) is 6.64. The van der Waals surface area contributed by atoms with Crippen LogP contribution in [-0.4, -0.2) is 46.1 Å². The standard InChI is InChI=1S/C41H83NO4/c1-4-5-6-7-8-9-10-15-20-23-26-29-32-35-40(45)42-38(36-43)41(46)39(44)34-31-28-25-22-19-17-14-12-11-13-16-18-21-24-27-30-33-37(2)3/h37-39,41,43-44,46H,4-36H2,1-3H3,(H,42,45). The third kappa shape index (κ3) is 31.9. The molecule has 0 aromatic rings. The Morgan fingerprint density at radius 2 is 0.826 bits per heavy atom. The molecule has 0 aliphatic carbocycles. The summed E-state index contributed by atoms with van der Waals surface area (Å²) in [6.45, 7) is 6.55. The summed E-state index contributed by atoms with van der Waals surface area (Å²) in [5, 5.41) is 33.5. The third-order valence-electron chi connectivity index (χ3n) is 9.89. The fraction of sp³-hybridized carbons (Fsp3) is 0.976. The van der Waals surface area contributed by atoms with E-state index < -0.39 is 18.2 Å². The van der Waals surface area contributed by atoms with Gasteiger partial charge in [-0.25, -0.2) is 0 Å². The molecule has 3 atom stereocenters. The number of hydrogen-bond donors (Lipinski definition) is 4. The number of nitrogens with one attached hydrogen (secondary N) is 1. The molecule has 0 heterocycles. The van der Waals surface area contributed by atoms with Crippen LogP contribution in [0.5, 0.6) is 0 Å². The van der Waals surface area contributed by atoms with Gasteiger partial charge in [-0.3, -0.25) is 4.79 Å². The second-order valence-electron chi connectivity index (χ2n) is 15.0. The zero-order chi connectivity index (χ0) is 33.9. The molecule has 0 spiro atoms. The lowest BCUT2D eigenvalue weighted by Gasteiger charge is -2.26. The van der Waals surface area contributed by atoms with Crippen LogP contribution >= 0.6 is 0 Å². The number of amides is 1. The van der Waals surface area contributed by atoms with Gasteiger partial charge in [0.1, 0.15) is 6.10 Å². The molecule has 4 N–H and O–H groups in total. The molecule has 1 amide bonds. The zero-order valence-corrected chi connectivity index (χ0v) is 31.4. The minimum Gasteiger partial charge on any atom is -0.394 e. The van der Waals surface area contributed by atoms with Gasteiger partial charge in [0.25, 0.3) is 0 Å². The van der Waals surface area contributed by atoms with Crippen molar-refractivity contribution in [2.45, 2.75) is 244 Å². The van der Waals surface area contributed by atoms with Crippen molar-refractivity contribution in [2.75, 3.05) is 6.61 Å². The molecular formula is C41H83NO4. The number of aliphatic hydroxyl groups is 3. The minimum absolute atomic E-state index is 0.142. The first-order chi connectivity index (χ1) is 22.4. The second kappa shape index (κ2) is 35.7. The molecule has 0 saturated heterocycles. The average Bonchev–Trinajstić information content (AvgIpc) is 3.04. The Bertz CT molecular complexity index is 613. The highest BCUT2D eigenvalue weighted by atomic mass is 16.3. The fourth-order valence-corrected chi connectivity index (χ4v) is 6.64. The smallest absolute Gasteiger partial charge is 0.220 e. The van der Waals surface area contributed by atoms with Crippen LogP contribution in [0.15, 0.2) is 0 Å². The van der Waals surface area contributed by atoms with Gasteiger partial charge in [-0.2, -0.15) is 0 Å². The molecule has 276 valence electrons. The number of carbonyl (C=O) groups excluding carboxylic acids is 1. The van der Waals surface area contributed by atoms with E-state index in [2.05, 4.69) is 26.1 Å². The second-order valence-corrected chi connectivity index (χ2v) is 15.0. The molecule has 0 radical (unpaired) electrons. The van der Waals surface area contributed by atoms with Crippen LogP contribution in [0.3, 0.4) is 0 Å². The largest absolute Gasteiger partial charge is 0.394 e. The Hall–Kier alpha value is -0.650. The van der Waals surface area contributed by atoms with Gasteiger partial charge in [0.05, 0.1) is 18.8 Å². The Morgan fingerprint density at radius 3 is 1.17 bits per heavy atom. The van der Waals surface area contributed by atoms with Crippen LogP contribution in [0.25, 0.3) is 0 Å². The van der Waals surface area contributed by atoms with E-state index in [-0.39, 0.29) is 12.5 Å². The first-order valence-corrected chi connectivity index (χ1v) is 20.7. The van der Waals surface area contributed by atoms with Crippen LogP contribution in [0.2, 0.25) is 0 Å². The lowest BCUT2D eigenvalue weighted by atomic mass is 9.99. The van der Waals surface area contributed by atoms with Crippen molar-refractivity contribution in [2.24, 2.45) is 5.92 Å². The quantitative estimate of drug-likeness (QED) is 0.0502. The van der Waals surface area contributed by atoms with E-state index in [1.54, 1.807) is 0 Å². The zero-order valence-electron chi connectivity index (χ0n) is 31.4. The van der Waals surface area contributed by atoms with Gasteiger partial charge in [-0.1, -0.05) is 207 Å². The van der Waals surface area contributed by atoms with Gasteiger partial charge < -0.3 is 20.6 Å². The Labute approximate surface area is 287 Å². The van der Waals surface area contributed by atoms with Gasteiger partial charge in [0.15, 0.2) is 0 Å². The van der Waals surface area contributed by atoms with E-state index in [1.807, 2.05) is 0 Å². The lowest BCUT2D eigenvalue weighted by molar-refractivity contribution is -0.124. The Balaban J connectivity index is 3.60. The predicted octanol–water partition coefficient (Wildman–Crippen LogP) is 11.3. The number of unbranched alkanes of at least 4 members (excludes halogenated alkanes) is 27. The molecule has 3 unspecified atom stereocenters. The number of hydrogen-bond acceptors (Lipinski definition) is 4. The molecular weight excluding hydrogens is 570 g/mol. The van der Waals surface area contributed by atoms with Gasteiger partial charge in [0.2, 0.25) is 5.91 Å². The number of rotatable bonds is 37. The van der Waals surface area contributed by atoms with Gasteiger partial charge >= 0.3 is 0 Å². The normalized spacial score (nSPS) is 13.7. The van der Waals surface area contributed by atoms with Gasteiger partial charge in [-0.15, -0.1) is 0 Å². The first kappa shape index (κ1) is 45.3. The number of aliphatic hydroxyl groups excluding tert-OH is 3. The Kier molecular flexibility index (Phi) is 35.1. The molecule has 0 saturated carbocycles. The van der Waals surface area contributed by atoms with Crippen molar-refractivity contribution in [1.29, 1.82) is 0 Å². The van der Waals surface area contributed by atoms with Crippen molar-refractivity contribution in [3.63, 3.8) is 0 Å². The third-order valence-corrected chi connectivity index (χ3v) is 9.89.